The predicted molar refractivity (Wildman–Crippen MR) is 99.2 cm³/mol. The number of hydrogen-bond acceptors (Lipinski definition) is 4. The van der Waals surface area contributed by atoms with Crippen molar-refractivity contribution >= 4 is 11.3 Å². The summed E-state index contributed by atoms with van der Waals surface area (Å²) < 4.78 is 5.25. The molecular weight excluding hydrogens is 316 g/mol. The summed E-state index contributed by atoms with van der Waals surface area (Å²) in [5.74, 6) is 0.897. The van der Waals surface area contributed by atoms with Gasteiger partial charge in [-0.05, 0) is 54.4 Å². The fraction of sp³-hybridized carbons (Fsp3) is 0.250. The van der Waals surface area contributed by atoms with Crippen LogP contribution in [0.5, 0.6) is 5.75 Å². The molecule has 3 rings (SSSR count). The number of thiophene rings is 1. The molecule has 2 aromatic heterocycles. The molecule has 124 valence electrons. The van der Waals surface area contributed by atoms with Crippen LogP contribution in [-0.4, -0.2) is 17.0 Å². The van der Waals surface area contributed by atoms with Crippen molar-refractivity contribution in [2.24, 2.45) is 0 Å². The van der Waals surface area contributed by atoms with Crippen LogP contribution in [0.15, 0.2) is 60.9 Å². The van der Waals surface area contributed by atoms with Crippen molar-refractivity contribution in [3.63, 3.8) is 0 Å². The van der Waals surface area contributed by atoms with Crippen LogP contribution in [0, 0.1) is 6.92 Å². The van der Waals surface area contributed by atoms with Crippen molar-refractivity contribution in [1.29, 1.82) is 0 Å². The lowest BCUT2D eigenvalue weighted by Gasteiger charge is -2.22. The minimum Gasteiger partial charge on any atom is -0.497 e. The number of rotatable bonds is 7. The summed E-state index contributed by atoms with van der Waals surface area (Å²) in [5, 5.41) is 0. The highest BCUT2D eigenvalue weighted by molar-refractivity contribution is 7.11. The quantitative estimate of drug-likeness (QED) is 0.626. The molecule has 24 heavy (non-hydrogen) atoms. The first-order valence-electron chi connectivity index (χ1n) is 8.02. The average Bonchev–Trinajstić information content (AvgIpc) is 3.01. The third-order valence-electron chi connectivity index (χ3n) is 3.90. The van der Waals surface area contributed by atoms with E-state index >= 15 is 0 Å². The average molecular weight is 338 g/mol. The van der Waals surface area contributed by atoms with Gasteiger partial charge in [0.1, 0.15) is 5.75 Å². The number of pyridine rings is 1. The second kappa shape index (κ2) is 8.08. The SMILES string of the molecule is COc1ccc(CN(Cc2ccncc2)Cc2ccc(C)s2)cc1. The maximum absolute atomic E-state index is 5.25. The van der Waals surface area contributed by atoms with Gasteiger partial charge >= 0.3 is 0 Å². The summed E-state index contributed by atoms with van der Waals surface area (Å²) in [4.78, 5) is 9.33. The minimum atomic E-state index is 0.897. The molecule has 0 amide bonds. The first-order chi connectivity index (χ1) is 11.7. The summed E-state index contributed by atoms with van der Waals surface area (Å²) in [5.41, 5.74) is 2.57. The number of ether oxygens (including phenoxy) is 1. The Bertz CT molecular complexity index is 753. The van der Waals surface area contributed by atoms with Crippen molar-refractivity contribution < 1.29 is 4.74 Å². The lowest BCUT2D eigenvalue weighted by Crippen LogP contribution is -2.22. The van der Waals surface area contributed by atoms with Gasteiger partial charge in [-0.15, -0.1) is 11.3 Å². The summed E-state index contributed by atoms with van der Waals surface area (Å²) in [6.45, 7) is 4.92. The summed E-state index contributed by atoms with van der Waals surface area (Å²) in [6.07, 6.45) is 3.71. The Morgan fingerprint density at radius 3 is 2.12 bits per heavy atom. The monoisotopic (exact) mass is 338 g/mol. The molecular formula is C20H22N2OS. The molecule has 0 atom stereocenters. The molecule has 2 heterocycles. The van der Waals surface area contributed by atoms with Gasteiger partial charge in [-0.1, -0.05) is 12.1 Å². The number of benzene rings is 1. The molecule has 4 heteroatoms. The standard InChI is InChI=1S/C20H22N2OS/c1-16-3-8-20(24-16)15-22(14-18-9-11-21-12-10-18)13-17-4-6-19(23-2)7-5-17/h3-12H,13-15H2,1-2H3. The second-order valence-corrected chi connectivity index (χ2v) is 7.23. The lowest BCUT2D eigenvalue weighted by atomic mass is 10.1. The first-order valence-corrected chi connectivity index (χ1v) is 8.84. The van der Waals surface area contributed by atoms with Gasteiger partial charge in [0, 0.05) is 41.8 Å². The molecule has 3 aromatic rings. The molecule has 0 fully saturated rings. The van der Waals surface area contributed by atoms with Crippen LogP contribution in [0.25, 0.3) is 0 Å². The number of aromatic nitrogens is 1. The lowest BCUT2D eigenvalue weighted by molar-refractivity contribution is 0.250. The van der Waals surface area contributed by atoms with E-state index in [1.165, 1.54) is 20.9 Å². The second-order valence-electron chi connectivity index (χ2n) is 5.86. The fourth-order valence-electron chi connectivity index (χ4n) is 2.69. The Kier molecular flexibility index (Phi) is 5.62. The molecule has 1 aromatic carbocycles. The number of hydrogen-bond donors (Lipinski definition) is 0. The van der Waals surface area contributed by atoms with Gasteiger partial charge in [-0.2, -0.15) is 0 Å². The van der Waals surface area contributed by atoms with E-state index in [0.29, 0.717) is 0 Å². The van der Waals surface area contributed by atoms with E-state index in [1.54, 1.807) is 7.11 Å². The molecule has 0 aliphatic rings. The van der Waals surface area contributed by atoms with Crippen molar-refractivity contribution in [2.45, 2.75) is 26.6 Å². The van der Waals surface area contributed by atoms with Gasteiger partial charge in [-0.25, -0.2) is 0 Å². The summed E-state index contributed by atoms with van der Waals surface area (Å²) in [7, 11) is 1.70. The van der Waals surface area contributed by atoms with Crippen molar-refractivity contribution in [1.82, 2.24) is 9.88 Å². The summed E-state index contributed by atoms with van der Waals surface area (Å²) in [6, 6.07) is 16.9. The molecule has 0 bridgehead atoms. The zero-order valence-electron chi connectivity index (χ0n) is 14.1. The molecule has 0 saturated carbocycles. The van der Waals surface area contributed by atoms with Gasteiger partial charge in [0.2, 0.25) is 0 Å². The molecule has 0 aliphatic carbocycles. The van der Waals surface area contributed by atoms with Crippen LogP contribution in [0.2, 0.25) is 0 Å². The topological polar surface area (TPSA) is 25.4 Å². The van der Waals surface area contributed by atoms with Crippen LogP contribution in [-0.2, 0) is 19.6 Å². The van der Waals surface area contributed by atoms with Crippen LogP contribution in [0.4, 0.5) is 0 Å². The smallest absolute Gasteiger partial charge is 0.118 e. The van der Waals surface area contributed by atoms with E-state index in [-0.39, 0.29) is 0 Å². The molecule has 0 aliphatic heterocycles. The molecule has 0 N–H and O–H groups in total. The molecule has 0 radical (unpaired) electrons. The predicted octanol–water partition coefficient (Wildman–Crippen LogP) is 4.66. The Morgan fingerprint density at radius 1 is 0.875 bits per heavy atom. The van der Waals surface area contributed by atoms with Crippen molar-refractivity contribution in [2.75, 3.05) is 7.11 Å². The molecule has 0 unspecified atom stereocenters. The van der Waals surface area contributed by atoms with Crippen molar-refractivity contribution in [3.8, 4) is 5.75 Å². The number of nitrogens with zero attached hydrogens (tertiary/aromatic N) is 2. The van der Waals surface area contributed by atoms with Gasteiger partial charge < -0.3 is 4.74 Å². The highest BCUT2D eigenvalue weighted by Crippen LogP contribution is 2.21. The molecule has 0 saturated heterocycles. The maximum Gasteiger partial charge on any atom is 0.118 e. The normalized spacial score (nSPS) is 11.0. The zero-order valence-corrected chi connectivity index (χ0v) is 14.9. The Balaban J connectivity index is 1.74. The number of methoxy groups -OCH3 is 1. The highest BCUT2D eigenvalue weighted by atomic mass is 32.1. The van der Waals surface area contributed by atoms with Crippen LogP contribution in [0.1, 0.15) is 20.9 Å². The Hall–Kier alpha value is -2.17. The maximum atomic E-state index is 5.25. The largest absolute Gasteiger partial charge is 0.497 e. The Labute approximate surface area is 147 Å². The van der Waals surface area contributed by atoms with E-state index in [1.807, 2.05) is 35.9 Å². The minimum absolute atomic E-state index is 0.897. The third-order valence-corrected chi connectivity index (χ3v) is 4.88. The van der Waals surface area contributed by atoms with Crippen LogP contribution < -0.4 is 4.74 Å². The number of aryl methyl sites for hydroxylation is 1. The first kappa shape index (κ1) is 16.7. The zero-order chi connectivity index (χ0) is 16.8. The van der Waals surface area contributed by atoms with E-state index in [9.17, 15) is 0 Å². The fourth-order valence-corrected chi connectivity index (χ4v) is 3.63. The van der Waals surface area contributed by atoms with E-state index in [2.05, 4.69) is 53.2 Å². The molecule has 0 spiro atoms. The van der Waals surface area contributed by atoms with Gasteiger partial charge in [0.25, 0.3) is 0 Å². The van der Waals surface area contributed by atoms with E-state index in [4.69, 9.17) is 4.74 Å². The van der Waals surface area contributed by atoms with Crippen LogP contribution >= 0.6 is 11.3 Å². The van der Waals surface area contributed by atoms with E-state index in [0.717, 1.165) is 25.4 Å². The van der Waals surface area contributed by atoms with Gasteiger partial charge in [0.15, 0.2) is 0 Å². The highest BCUT2D eigenvalue weighted by Gasteiger charge is 2.10. The van der Waals surface area contributed by atoms with Gasteiger partial charge in [0.05, 0.1) is 7.11 Å². The third kappa shape index (κ3) is 4.66. The van der Waals surface area contributed by atoms with Crippen LogP contribution in [0.3, 0.4) is 0 Å². The van der Waals surface area contributed by atoms with E-state index < -0.39 is 0 Å². The molecule has 3 nitrogen and oxygen atoms in total. The Morgan fingerprint density at radius 2 is 1.54 bits per heavy atom. The van der Waals surface area contributed by atoms with Crippen molar-refractivity contribution in [3.05, 3.63) is 81.8 Å². The van der Waals surface area contributed by atoms with Gasteiger partial charge in [-0.3, -0.25) is 9.88 Å². The summed E-state index contributed by atoms with van der Waals surface area (Å²) >= 11 is 1.87.